The first-order chi connectivity index (χ1) is 11.5. The lowest BCUT2D eigenvalue weighted by atomic mass is 10.2. The summed E-state index contributed by atoms with van der Waals surface area (Å²) in [6, 6.07) is 9.50. The highest BCUT2D eigenvalue weighted by molar-refractivity contribution is 7.89. The lowest BCUT2D eigenvalue weighted by Gasteiger charge is -2.15. The number of anilines is 1. The van der Waals surface area contributed by atoms with Crippen molar-refractivity contribution in [3.8, 4) is 6.07 Å². The molecule has 0 unspecified atom stereocenters. The average molecular weight is 361 g/mol. The van der Waals surface area contributed by atoms with Crippen LogP contribution in [0.2, 0.25) is 0 Å². The quantitative estimate of drug-likeness (QED) is 0.906. The van der Waals surface area contributed by atoms with Crippen LogP contribution in [0.3, 0.4) is 0 Å². The summed E-state index contributed by atoms with van der Waals surface area (Å²) in [5.74, 6) is -0.376. The number of hydrogen-bond acceptors (Lipinski definition) is 5. The molecule has 0 saturated carbocycles. The molecule has 124 valence electrons. The van der Waals surface area contributed by atoms with Gasteiger partial charge in [0.05, 0.1) is 10.5 Å². The number of rotatable bonds is 4. The summed E-state index contributed by atoms with van der Waals surface area (Å²) < 4.78 is 26.4. The van der Waals surface area contributed by atoms with Crippen LogP contribution in [0.5, 0.6) is 0 Å². The highest BCUT2D eigenvalue weighted by Gasteiger charge is 2.27. The third kappa shape index (κ3) is 3.19. The molecule has 0 radical (unpaired) electrons. The summed E-state index contributed by atoms with van der Waals surface area (Å²) in [4.78, 5) is 12.4. The number of carbonyl (C=O) groups is 1. The topological polar surface area (TPSA) is 90.3 Å². The highest BCUT2D eigenvalue weighted by Crippen LogP contribution is 2.24. The number of sulfonamides is 1. The molecular weight excluding hydrogens is 346 g/mol. The number of amides is 1. The third-order valence-electron chi connectivity index (χ3n) is 3.83. The van der Waals surface area contributed by atoms with Crippen molar-refractivity contribution in [1.29, 1.82) is 5.26 Å². The smallest absolute Gasteiger partial charge is 0.256 e. The maximum absolute atomic E-state index is 12.4. The fraction of sp³-hybridized carbons (Fsp3) is 0.250. The fourth-order valence-corrected chi connectivity index (χ4v) is 4.77. The van der Waals surface area contributed by atoms with Gasteiger partial charge in [-0.05, 0) is 48.6 Å². The first-order valence-corrected chi connectivity index (χ1v) is 9.73. The minimum atomic E-state index is -3.48. The Bertz CT molecular complexity index is 889. The van der Waals surface area contributed by atoms with Crippen LogP contribution < -0.4 is 5.32 Å². The minimum absolute atomic E-state index is 0.190. The summed E-state index contributed by atoms with van der Waals surface area (Å²) in [7, 11) is -3.48. The van der Waals surface area contributed by atoms with Crippen molar-refractivity contribution in [2.45, 2.75) is 17.7 Å². The van der Waals surface area contributed by atoms with E-state index in [-0.39, 0.29) is 10.8 Å². The zero-order valence-corrected chi connectivity index (χ0v) is 14.4. The molecule has 1 aromatic carbocycles. The molecule has 1 fully saturated rings. The van der Waals surface area contributed by atoms with Gasteiger partial charge in [-0.2, -0.15) is 9.57 Å². The van der Waals surface area contributed by atoms with E-state index in [1.54, 1.807) is 11.4 Å². The molecule has 1 aliphatic rings. The number of carbonyl (C=O) groups excluding carboxylic acids is 1. The minimum Gasteiger partial charge on any atom is -0.312 e. The van der Waals surface area contributed by atoms with E-state index >= 15 is 0 Å². The average Bonchev–Trinajstić information content (AvgIpc) is 3.26. The van der Waals surface area contributed by atoms with Crippen LogP contribution in [0.4, 0.5) is 5.00 Å². The molecule has 6 nitrogen and oxygen atoms in total. The molecule has 1 N–H and O–H groups in total. The standard InChI is InChI=1S/C16H15N3O3S2/c17-11-13-7-10-23-16(13)18-15(20)12-3-5-14(6-4-12)24(21,22)19-8-1-2-9-19/h3-7,10H,1-2,8-9H2,(H,18,20). The van der Waals surface area contributed by atoms with Crippen molar-refractivity contribution < 1.29 is 13.2 Å². The Morgan fingerprint density at radius 3 is 2.46 bits per heavy atom. The second-order valence-electron chi connectivity index (χ2n) is 5.36. The van der Waals surface area contributed by atoms with Gasteiger partial charge in [-0.25, -0.2) is 8.42 Å². The van der Waals surface area contributed by atoms with E-state index in [1.807, 2.05) is 6.07 Å². The van der Waals surface area contributed by atoms with Crippen molar-refractivity contribution in [1.82, 2.24) is 4.31 Å². The molecule has 0 atom stereocenters. The third-order valence-corrected chi connectivity index (χ3v) is 6.57. The predicted molar refractivity (Wildman–Crippen MR) is 91.4 cm³/mol. The molecule has 1 aromatic heterocycles. The first kappa shape index (κ1) is 16.6. The Hall–Kier alpha value is -2.21. The van der Waals surface area contributed by atoms with Gasteiger partial charge in [-0.3, -0.25) is 4.79 Å². The Morgan fingerprint density at radius 2 is 1.83 bits per heavy atom. The zero-order chi connectivity index (χ0) is 17.2. The molecule has 2 heterocycles. The normalized spacial score (nSPS) is 15.1. The number of nitrogens with one attached hydrogen (secondary N) is 1. The van der Waals surface area contributed by atoms with E-state index in [1.165, 1.54) is 39.9 Å². The van der Waals surface area contributed by atoms with Gasteiger partial charge in [-0.15, -0.1) is 11.3 Å². The van der Waals surface area contributed by atoms with E-state index < -0.39 is 10.0 Å². The Morgan fingerprint density at radius 1 is 1.17 bits per heavy atom. The number of benzene rings is 1. The van der Waals surface area contributed by atoms with Crippen LogP contribution in [0.25, 0.3) is 0 Å². The van der Waals surface area contributed by atoms with Gasteiger partial charge in [0.25, 0.3) is 5.91 Å². The van der Waals surface area contributed by atoms with E-state index in [0.717, 1.165) is 12.8 Å². The van der Waals surface area contributed by atoms with Crippen molar-refractivity contribution in [3.05, 3.63) is 46.8 Å². The summed E-state index contributed by atoms with van der Waals surface area (Å²) in [6.45, 7) is 1.08. The van der Waals surface area contributed by atoms with Crippen molar-refractivity contribution in [2.24, 2.45) is 0 Å². The van der Waals surface area contributed by atoms with E-state index in [9.17, 15) is 13.2 Å². The lowest BCUT2D eigenvalue weighted by molar-refractivity contribution is 0.102. The molecule has 1 aliphatic heterocycles. The van der Waals surface area contributed by atoms with Crippen LogP contribution in [0.15, 0.2) is 40.6 Å². The van der Waals surface area contributed by atoms with Crippen LogP contribution in [-0.4, -0.2) is 31.7 Å². The summed E-state index contributed by atoms with van der Waals surface area (Å²) >= 11 is 1.26. The van der Waals surface area contributed by atoms with Gasteiger partial charge in [0.2, 0.25) is 10.0 Å². The van der Waals surface area contributed by atoms with Crippen LogP contribution in [0.1, 0.15) is 28.8 Å². The molecule has 1 amide bonds. The summed E-state index contributed by atoms with van der Waals surface area (Å²) in [5.41, 5.74) is 0.745. The number of nitriles is 1. The summed E-state index contributed by atoms with van der Waals surface area (Å²) in [5, 5.41) is 13.8. The Kier molecular flexibility index (Phi) is 4.66. The number of thiophene rings is 1. The second kappa shape index (κ2) is 6.73. The summed E-state index contributed by atoms with van der Waals surface area (Å²) in [6.07, 6.45) is 1.75. The lowest BCUT2D eigenvalue weighted by Crippen LogP contribution is -2.27. The number of hydrogen-bond donors (Lipinski definition) is 1. The van der Waals surface area contributed by atoms with Crippen molar-refractivity contribution >= 4 is 32.3 Å². The van der Waals surface area contributed by atoms with Gasteiger partial charge in [0.15, 0.2) is 0 Å². The van der Waals surface area contributed by atoms with Gasteiger partial charge >= 0.3 is 0 Å². The van der Waals surface area contributed by atoms with Gasteiger partial charge in [0.1, 0.15) is 11.1 Å². The molecular formula is C16H15N3O3S2. The maximum atomic E-state index is 12.4. The largest absolute Gasteiger partial charge is 0.312 e. The van der Waals surface area contributed by atoms with Crippen molar-refractivity contribution in [2.75, 3.05) is 18.4 Å². The molecule has 3 rings (SSSR count). The van der Waals surface area contributed by atoms with Crippen LogP contribution in [-0.2, 0) is 10.0 Å². The zero-order valence-electron chi connectivity index (χ0n) is 12.7. The number of nitrogens with zero attached hydrogens (tertiary/aromatic N) is 2. The predicted octanol–water partition coefficient (Wildman–Crippen LogP) is 2.66. The highest BCUT2D eigenvalue weighted by atomic mass is 32.2. The Balaban J connectivity index is 1.77. The Labute approximate surface area is 144 Å². The second-order valence-corrected chi connectivity index (χ2v) is 8.22. The molecule has 1 saturated heterocycles. The van der Waals surface area contributed by atoms with Crippen LogP contribution in [0, 0.1) is 11.3 Å². The van der Waals surface area contributed by atoms with Gasteiger partial charge < -0.3 is 5.32 Å². The van der Waals surface area contributed by atoms with E-state index in [2.05, 4.69) is 5.32 Å². The molecule has 24 heavy (non-hydrogen) atoms. The van der Waals surface area contributed by atoms with Gasteiger partial charge in [0, 0.05) is 18.7 Å². The monoisotopic (exact) mass is 361 g/mol. The SMILES string of the molecule is N#Cc1ccsc1NC(=O)c1ccc(S(=O)(=O)N2CCCC2)cc1. The maximum Gasteiger partial charge on any atom is 0.256 e. The van der Waals surface area contributed by atoms with E-state index in [4.69, 9.17) is 5.26 Å². The molecule has 2 aromatic rings. The first-order valence-electron chi connectivity index (χ1n) is 7.41. The van der Waals surface area contributed by atoms with E-state index in [0.29, 0.717) is 29.2 Å². The molecule has 8 heteroatoms. The fourth-order valence-electron chi connectivity index (χ4n) is 2.53. The van der Waals surface area contributed by atoms with Gasteiger partial charge in [-0.1, -0.05) is 0 Å². The molecule has 0 spiro atoms. The molecule has 0 aliphatic carbocycles. The van der Waals surface area contributed by atoms with Crippen LogP contribution >= 0.6 is 11.3 Å². The van der Waals surface area contributed by atoms with Crippen molar-refractivity contribution in [3.63, 3.8) is 0 Å². The molecule has 0 bridgehead atoms.